The van der Waals surface area contributed by atoms with Crippen molar-refractivity contribution in [2.24, 2.45) is 0 Å². The minimum atomic E-state index is -3.56. The Kier molecular flexibility index (Phi) is 6.16. The van der Waals surface area contributed by atoms with Crippen LogP contribution in [0.3, 0.4) is 0 Å². The van der Waals surface area contributed by atoms with E-state index in [1.807, 2.05) is 0 Å². The van der Waals surface area contributed by atoms with Gasteiger partial charge in [0.05, 0.1) is 4.90 Å². The predicted octanol–water partition coefficient (Wildman–Crippen LogP) is 2.33. The molecule has 2 aliphatic rings. The highest BCUT2D eigenvalue weighted by Crippen LogP contribution is 2.23. The average molecular weight is 394 g/mol. The van der Waals surface area contributed by atoms with Gasteiger partial charge in [0.15, 0.2) is 0 Å². The highest BCUT2D eigenvalue weighted by Gasteiger charge is 2.33. The van der Waals surface area contributed by atoms with Crippen LogP contribution in [0.5, 0.6) is 0 Å². The van der Waals surface area contributed by atoms with Gasteiger partial charge >= 0.3 is 5.97 Å². The quantitative estimate of drug-likeness (QED) is 0.846. The summed E-state index contributed by atoms with van der Waals surface area (Å²) in [5.74, 6) is -1.36. The molecule has 1 aromatic carbocycles. The van der Waals surface area contributed by atoms with Gasteiger partial charge in [-0.15, -0.1) is 0 Å². The summed E-state index contributed by atoms with van der Waals surface area (Å²) >= 11 is 0. The summed E-state index contributed by atoms with van der Waals surface area (Å²) in [4.78, 5) is 25.7. The van der Waals surface area contributed by atoms with Crippen molar-refractivity contribution < 1.29 is 23.1 Å². The summed E-state index contributed by atoms with van der Waals surface area (Å²) in [6.07, 6.45) is 5.82. The second-order valence-corrected chi connectivity index (χ2v) is 9.13. The zero-order chi connectivity index (χ0) is 19.4. The second-order valence-electron chi connectivity index (χ2n) is 7.19. The first-order valence-corrected chi connectivity index (χ1v) is 11.0. The van der Waals surface area contributed by atoms with E-state index in [-0.39, 0.29) is 10.8 Å². The van der Waals surface area contributed by atoms with Crippen LogP contribution in [0.15, 0.2) is 29.2 Å². The first-order chi connectivity index (χ1) is 12.9. The third-order valence-corrected chi connectivity index (χ3v) is 7.27. The zero-order valence-corrected chi connectivity index (χ0v) is 16.2. The fourth-order valence-corrected chi connectivity index (χ4v) is 5.31. The van der Waals surface area contributed by atoms with E-state index in [9.17, 15) is 23.1 Å². The minimum absolute atomic E-state index is 0.175. The van der Waals surface area contributed by atoms with Crippen molar-refractivity contribution in [3.05, 3.63) is 29.8 Å². The lowest BCUT2D eigenvalue weighted by atomic mass is 10.0. The molecule has 0 saturated carbocycles. The van der Waals surface area contributed by atoms with Crippen molar-refractivity contribution in [2.45, 2.75) is 55.9 Å². The highest BCUT2D eigenvalue weighted by atomic mass is 32.2. The van der Waals surface area contributed by atoms with E-state index in [1.54, 1.807) is 0 Å². The number of aliphatic carboxylic acids is 1. The van der Waals surface area contributed by atoms with E-state index in [2.05, 4.69) is 0 Å². The maximum absolute atomic E-state index is 12.8. The summed E-state index contributed by atoms with van der Waals surface area (Å²) in [6, 6.07) is 5.06. The SMILES string of the molecule is O=C(O)[C@@H]1CCCCN1C(=O)c1ccc(S(=O)(=O)N2CCCCCC2)cc1. The number of nitrogens with zero attached hydrogens (tertiary/aromatic N) is 2. The van der Waals surface area contributed by atoms with E-state index in [0.29, 0.717) is 31.6 Å². The number of benzene rings is 1. The van der Waals surface area contributed by atoms with Crippen LogP contribution in [0, 0.1) is 0 Å². The lowest BCUT2D eigenvalue weighted by Crippen LogP contribution is -2.48. The number of carbonyl (C=O) groups is 2. The van der Waals surface area contributed by atoms with Crippen LogP contribution >= 0.6 is 0 Å². The molecule has 2 saturated heterocycles. The molecule has 0 spiro atoms. The number of hydrogen-bond acceptors (Lipinski definition) is 4. The number of likely N-dealkylation sites (tertiary alicyclic amines) is 1. The molecule has 0 bridgehead atoms. The Morgan fingerprint density at radius 2 is 1.48 bits per heavy atom. The number of amides is 1. The maximum Gasteiger partial charge on any atom is 0.326 e. The van der Waals surface area contributed by atoms with Gasteiger partial charge in [0.1, 0.15) is 6.04 Å². The second kappa shape index (κ2) is 8.39. The Bertz CT molecular complexity index is 783. The van der Waals surface area contributed by atoms with E-state index in [1.165, 1.54) is 33.5 Å². The van der Waals surface area contributed by atoms with Crippen LogP contribution in [0.4, 0.5) is 0 Å². The van der Waals surface area contributed by atoms with Crippen molar-refractivity contribution in [3.8, 4) is 0 Å². The van der Waals surface area contributed by atoms with Crippen LogP contribution in [-0.2, 0) is 14.8 Å². The van der Waals surface area contributed by atoms with Crippen LogP contribution in [-0.4, -0.2) is 60.3 Å². The Hall–Kier alpha value is -1.93. The summed E-state index contributed by atoms with van der Waals surface area (Å²) in [6.45, 7) is 1.46. The predicted molar refractivity (Wildman–Crippen MR) is 100.0 cm³/mol. The number of sulfonamides is 1. The molecule has 1 N–H and O–H groups in total. The fourth-order valence-electron chi connectivity index (χ4n) is 3.80. The van der Waals surface area contributed by atoms with Crippen molar-refractivity contribution >= 4 is 21.9 Å². The first-order valence-electron chi connectivity index (χ1n) is 9.55. The van der Waals surface area contributed by atoms with E-state index in [4.69, 9.17) is 0 Å². The zero-order valence-electron chi connectivity index (χ0n) is 15.3. The smallest absolute Gasteiger partial charge is 0.326 e. The highest BCUT2D eigenvalue weighted by molar-refractivity contribution is 7.89. The Morgan fingerprint density at radius 3 is 2.07 bits per heavy atom. The van der Waals surface area contributed by atoms with Crippen molar-refractivity contribution in [3.63, 3.8) is 0 Å². The average Bonchev–Trinajstić information content (AvgIpc) is 2.97. The van der Waals surface area contributed by atoms with Gasteiger partial charge < -0.3 is 10.0 Å². The molecule has 2 fully saturated rings. The van der Waals surface area contributed by atoms with Crippen LogP contribution in [0.25, 0.3) is 0 Å². The molecule has 2 heterocycles. The number of carboxylic acids is 1. The van der Waals surface area contributed by atoms with Gasteiger partial charge in [-0.1, -0.05) is 12.8 Å². The van der Waals surface area contributed by atoms with Crippen molar-refractivity contribution in [1.82, 2.24) is 9.21 Å². The molecule has 0 unspecified atom stereocenters. The van der Waals surface area contributed by atoms with E-state index in [0.717, 1.165) is 38.5 Å². The largest absolute Gasteiger partial charge is 0.480 e. The van der Waals surface area contributed by atoms with Crippen molar-refractivity contribution in [1.29, 1.82) is 0 Å². The molecule has 2 aliphatic heterocycles. The van der Waals surface area contributed by atoms with Gasteiger partial charge in [-0.2, -0.15) is 4.31 Å². The van der Waals surface area contributed by atoms with E-state index < -0.39 is 22.0 Å². The molecule has 1 atom stereocenters. The molecule has 8 heteroatoms. The number of rotatable bonds is 4. The molecule has 0 radical (unpaired) electrons. The number of carbonyl (C=O) groups excluding carboxylic acids is 1. The van der Waals surface area contributed by atoms with Crippen LogP contribution < -0.4 is 0 Å². The number of piperidine rings is 1. The molecule has 148 valence electrons. The van der Waals surface area contributed by atoms with E-state index >= 15 is 0 Å². The summed E-state index contributed by atoms with van der Waals surface area (Å²) in [7, 11) is -3.56. The Balaban J connectivity index is 1.78. The van der Waals surface area contributed by atoms with Gasteiger partial charge in [0, 0.05) is 25.2 Å². The van der Waals surface area contributed by atoms with Crippen LogP contribution in [0.2, 0.25) is 0 Å². The minimum Gasteiger partial charge on any atom is -0.480 e. The molecule has 1 amide bonds. The Labute approximate surface area is 160 Å². The van der Waals surface area contributed by atoms with Gasteiger partial charge in [-0.3, -0.25) is 4.79 Å². The monoisotopic (exact) mass is 394 g/mol. The Morgan fingerprint density at radius 1 is 0.889 bits per heavy atom. The molecule has 0 aliphatic carbocycles. The third-order valence-electron chi connectivity index (χ3n) is 5.35. The third kappa shape index (κ3) is 4.32. The normalized spacial score (nSPS) is 22.2. The molecule has 1 aromatic rings. The number of carboxylic acid groups (broad SMARTS) is 1. The molecule has 0 aromatic heterocycles. The standard InChI is InChI=1S/C19H26N2O5S/c22-18(21-14-6-3-7-17(21)19(23)24)15-8-10-16(11-9-15)27(25,26)20-12-4-1-2-5-13-20/h8-11,17H,1-7,12-14H2,(H,23,24)/t17-/m0/s1. The maximum atomic E-state index is 12.8. The topological polar surface area (TPSA) is 95.0 Å². The van der Waals surface area contributed by atoms with Crippen LogP contribution in [0.1, 0.15) is 55.3 Å². The van der Waals surface area contributed by atoms with Gasteiger partial charge in [0.2, 0.25) is 10.0 Å². The summed E-state index contributed by atoms with van der Waals surface area (Å²) in [5.41, 5.74) is 0.318. The molecule has 27 heavy (non-hydrogen) atoms. The fraction of sp³-hybridized carbons (Fsp3) is 0.579. The summed E-state index contributed by atoms with van der Waals surface area (Å²) in [5, 5.41) is 9.34. The molecular weight excluding hydrogens is 368 g/mol. The molecular formula is C19H26N2O5S. The first kappa shape index (κ1) is 19.8. The molecule has 3 rings (SSSR count). The van der Waals surface area contributed by atoms with Gasteiger partial charge in [-0.25, -0.2) is 13.2 Å². The number of hydrogen-bond donors (Lipinski definition) is 1. The molecule has 7 nitrogen and oxygen atoms in total. The lowest BCUT2D eigenvalue weighted by molar-refractivity contribution is -0.143. The lowest BCUT2D eigenvalue weighted by Gasteiger charge is -2.33. The van der Waals surface area contributed by atoms with Gasteiger partial charge in [-0.05, 0) is 56.4 Å². The van der Waals surface area contributed by atoms with Crippen molar-refractivity contribution in [2.75, 3.05) is 19.6 Å². The van der Waals surface area contributed by atoms with Gasteiger partial charge in [0.25, 0.3) is 5.91 Å². The summed E-state index contributed by atoms with van der Waals surface area (Å²) < 4.78 is 27.1.